The molecule has 1 fully saturated rings. The van der Waals surface area contributed by atoms with E-state index in [4.69, 9.17) is 5.10 Å². The van der Waals surface area contributed by atoms with Gasteiger partial charge < -0.3 is 5.32 Å². The van der Waals surface area contributed by atoms with Crippen LogP contribution in [-0.4, -0.2) is 59.2 Å². The number of urea groups is 1. The highest BCUT2D eigenvalue weighted by Crippen LogP contribution is 2.32. The Morgan fingerprint density at radius 1 is 1.00 bits per heavy atom. The summed E-state index contributed by atoms with van der Waals surface area (Å²) in [6.45, 7) is -0.620. The Morgan fingerprint density at radius 2 is 1.71 bits per heavy atom. The average Bonchev–Trinajstić information content (AvgIpc) is 3.57. The van der Waals surface area contributed by atoms with Crippen molar-refractivity contribution in [3.63, 3.8) is 0 Å². The first-order valence-electron chi connectivity index (χ1n) is 11.8. The van der Waals surface area contributed by atoms with E-state index in [9.17, 15) is 13.6 Å². The quantitative estimate of drug-likeness (QED) is 0.548. The number of carbonyl (C=O) groups is 1. The van der Waals surface area contributed by atoms with E-state index < -0.39 is 19.4 Å². The lowest BCUT2D eigenvalue weighted by atomic mass is 9.94. The number of halogens is 2. The number of rotatable bonds is 7. The van der Waals surface area contributed by atoms with Crippen molar-refractivity contribution < 1.29 is 13.6 Å². The average molecular weight is 466 g/mol. The number of nitrogens with one attached hydrogen (secondary N) is 2. The summed E-state index contributed by atoms with van der Waals surface area (Å²) in [6.07, 6.45) is 2.79. The highest BCUT2D eigenvalue weighted by atomic mass is 19.1. The first-order valence-corrected chi connectivity index (χ1v) is 11.8. The van der Waals surface area contributed by atoms with Crippen LogP contribution in [0.3, 0.4) is 0 Å². The molecule has 178 valence electrons. The summed E-state index contributed by atoms with van der Waals surface area (Å²) in [5, 5.41) is 10.9. The van der Waals surface area contributed by atoms with Crippen LogP contribution in [0.1, 0.15) is 29.2 Å². The van der Waals surface area contributed by atoms with Gasteiger partial charge in [-0.15, -0.1) is 0 Å². The number of aromatic nitrogens is 2. The van der Waals surface area contributed by atoms with E-state index in [-0.39, 0.29) is 18.0 Å². The zero-order chi connectivity index (χ0) is 23.5. The van der Waals surface area contributed by atoms with Crippen LogP contribution in [0.5, 0.6) is 0 Å². The molecule has 0 saturated carbocycles. The summed E-state index contributed by atoms with van der Waals surface area (Å²) in [7, 11) is 0. The molecular weight excluding hydrogens is 436 g/mol. The second-order valence-electron chi connectivity index (χ2n) is 9.01. The molecule has 6 nitrogen and oxygen atoms in total. The van der Waals surface area contributed by atoms with Crippen molar-refractivity contribution in [2.24, 2.45) is 0 Å². The Hall–Kier alpha value is -3.26. The van der Waals surface area contributed by atoms with Crippen LogP contribution in [0.15, 0.2) is 60.7 Å². The number of hydrogen-bond acceptors (Lipinski definition) is 3. The molecule has 0 unspecified atom stereocenters. The Labute approximate surface area is 198 Å². The molecule has 0 spiro atoms. The standard InChI is InChI=1S/C26H29F2N5O/c27-14-20(15-28)32-16-22(18-8-3-1-4-9-18)24(17-32)29-26(34)30-25-21-12-7-13-23(21)31-33(25)19-10-5-2-6-11-19/h1-6,8-11,20,22,24H,7,12-17H2,(H2,29,30,34)/t22-,24+/m0/s1. The lowest BCUT2D eigenvalue weighted by molar-refractivity contribution is 0.163. The fourth-order valence-corrected chi connectivity index (χ4v) is 5.14. The van der Waals surface area contributed by atoms with Gasteiger partial charge in [-0.2, -0.15) is 5.10 Å². The van der Waals surface area contributed by atoms with E-state index in [1.165, 1.54) is 0 Å². The Kier molecular flexibility index (Phi) is 6.58. The third-order valence-corrected chi connectivity index (χ3v) is 6.90. The number of para-hydroxylation sites is 1. The number of likely N-dealkylation sites (tertiary alicyclic amines) is 1. The number of alkyl halides is 2. The molecule has 1 saturated heterocycles. The number of amides is 2. The van der Waals surface area contributed by atoms with Crippen molar-refractivity contribution in [1.29, 1.82) is 0 Å². The highest BCUT2D eigenvalue weighted by Gasteiger charge is 2.38. The zero-order valence-corrected chi connectivity index (χ0v) is 19.0. The number of anilines is 1. The fraction of sp³-hybridized carbons (Fsp3) is 0.385. The van der Waals surface area contributed by atoms with Gasteiger partial charge in [0.2, 0.25) is 0 Å². The largest absolute Gasteiger partial charge is 0.333 e. The minimum absolute atomic E-state index is 0.0581. The molecule has 2 amide bonds. The molecule has 2 heterocycles. The van der Waals surface area contributed by atoms with Crippen LogP contribution in [0.2, 0.25) is 0 Å². The number of benzene rings is 2. The second kappa shape index (κ2) is 9.93. The van der Waals surface area contributed by atoms with Crippen LogP contribution in [0.25, 0.3) is 5.69 Å². The molecule has 1 aliphatic carbocycles. The monoisotopic (exact) mass is 465 g/mol. The predicted molar refractivity (Wildman–Crippen MR) is 128 cm³/mol. The van der Waals surface area contributed by atoms with Crippen molar-refractivity contribution in [2.75, 3.05) is 31.8 Å². The molecule has 34 heavy (non-hydrogen) atoms. The van der Waals surface area contributed by atoms with Crippen LogP contribution in [-0.2, 0) is 12.8 Å². The van der Waals surface area contributed by atoms with Crippen LogP contribution >= 0.6 is 0 Å². The van der Waals surface area contributed by atoms with Gasteiger partial charge in [0.25, 0.3) is 0 Å². The highest BCUT2D eigenvalue weighted by molar-refractivity contribution is 5.90. The van der Waals surface area contributed by atoms with Crippen molar-refractivity contribution in [2.45, 2.75) is 37.3 Å². The maximum atomic E-state index is 13.4. The minimum Gasteiger partial charge on any atom is -0.333 e. The van der Waals surface area contributed by atoms with E-state index >= 15 is 0 Å². The summed E-state index contributed by atoms with van der Waals surface area (Å²) in [6, 6.07) is 18.2. The maximum absolute atomic E-state index is 13.4. The third kappa shape index (κ3) is 4.42. The SMILES string of the molecule is O=C(Nc1c2c(nn1-c1ccccc1)CCC2)N[C@@H]1CN(C(CF)CF)C[C@H]1c1ccccc1. The molecule has 0 bridgehead atoms. The molecule has 5 rings (SSSR count). The first-order chi connectivity index (χ1) is 16.7. The number of carbonyl (C=O) groups excluding carboxylic acids is 1. The van der Waals surface area contributed by atoms with Gasteiger partial charge >= 0.3 is 6.03 Å². The molecule has 2 aliphatic rings. The van der Waals surface area contributed by atoms with Crippen molar-refractivity contribution in [3.8, 4) is 5.69 Å². The maximum Gasteiger partial charge on any atom is 0.320 e. The van der Waals surface area contributed by atoms with Gasteiger partial charge in [-0.1, -0.05) is 48.5 Å². The van der Waals surface area contributed by atoms with Gasteiger partial charge in [0.1, 0.15) is 19.2 Å². The number of aryl methyl sites for hydroxylation is 1. The summed E-state index contributed by atoms with van der Waals surface area (Å²) in [4.78, 5) is 15.0. The van der Waals surface area contributed by atoms with E-state index in [0.29, 0.717) is 18.9 Å². The van der Waals surface area contributed by atoms with Crippen molar-refractivity contribution >= 4 is 11.8 Å². The van der Waals surface area contributed by atoms with Gasteiger partial charge in [0.05, 0.1) is 23.5 Å². The molecule has 8 heteroatoms. The van der Waals surface area contributed by atoms with Gasteiger partial charge in [0, 0.05) is 24.6 Å². The lowest BCUT2D eigenvalue weighted by Gasteiger charge is -2.22. The Morgan fingerprint density at radius 3 is 2.41 bits per heavy atom. The third-order valence-electron chi connectivity index (χ3n) is 6.90. The second-order valence-corrected chi connectivity index (χ2v) is 9.01. The zero-order valence-electron chi connectivity index (χ0n) is 19.0. The van der Waals surface area contributed by atoms with E-state index in [1.54, 1.807) is 9.58 Å². The number of fused-ring (bicyclic) bond motifs is 1. The molecule has 3 aromatic rings. The van der Waals surface area contributed by atoms with Crippen molar-refractivity contribution in [1.82, 2.24) is 20.0 Å². The summed E-state index contributed by atoms with van der Waals surface area (Å²) < 4.78 is 28.6. The Bertz CT molecular complexity index is 1120. The predicted octanol–water partition coefficient (Wildman–Crippen LogP) is 4.26. The van der Waals surface area contributed by atoms with Gasteiger partial charge in [-0.05, 0) is 37.0 Å². The normalized spacial score (nSPS) is 20.0. The lowest BCUT2D eigenvalue weighted by Crippen LogP contribution is -2.44. The topological polar surface area (TPSA) is 62.2 Å². The van der Waals surface area contributed by atoms with E-state index in [1.807, 2.05) is 60.7 Å². The summed E-state index contributed by atoms with van der Waals surface area (Å²) in [5.74, 6) is 0.630. The van der Waals surface area contributed by atoms with Crippen molar-refractivity contribution in [3.05, 3.63) is 77.5 Å². The molecule has 0 radical (unpaired) electrons. The van der Waals surface area contributed by atoms with Crippen LogP contribution in [0.4, 0.5) is 19.4 Å². The van der Waals surface area contributed by atoms with Gasteiger partial charge in [-0.25, -0.2) is 18.3 Å². The Balaban J connectivity index is 1.37. The smallest absolute Gasteiger partial charge is 0.320 e. The van der Waals surface area contributed by atoms with Gasteiger partial charge in [-0.3, -0.25) is 10.2 Å². The van der Waals surface area contributed by atoms with Crippen LogP contribution in [0, 0.1) is 0 Å². The van der Waals surface area contributed by atoms with E-state index in [2.05, 4.69) is 10.6 Å². The number of hydrogen-bond donors (Lipinski definition) is 2. The molecule has 2 N–H and O–H groups in total. The molecular formula is C26H29F2N5O. The summed E-state index contributed by atoms with van der Waals surface area (Å²) >= 11 is 0. The molecule has 1 aromatic heterocycles. The van der Waals surface area contributed by atoms with Crippen LogP contribution < -0.4 is 10.6 Å². The van der Waals surface area contributed by atoms with E-state index in [0.717, 1.165) is 41.8 Å². The minimum atomic E-state index is -0.788. The summed E-state index contributed by atoms with van der Waals surface area (Å²) in [5.41, 5.74) is 4.01. The molecule has 2 aromatic carbocycles. The number of nitrogens with zero attached hydrogens (tertiary/aromatic N) is 3. The fourth-order valence-electron chi connectivity index (χ4n) is 5.14. The van der Waals surface area contributed by atoms with Gasteiger partial charge in [0.15, 0.2) is 0 Å². The molecule has 1 aliphatic heterocycles. The first kappa shape index (κ1) is 22.5. The molecule has 2 atom stereocenters.